The second kappa shape index (κ2) is 8.19. The number of fused-ring (bicyclic) bond motifs is 1. The molecule has 1 atom stereocenters. The van der Waals surface area contributed by atoms with E-state index in [4.69, 9.17) is 4.74 Å². The summed E-state index contributed by atoms with van der Waals surface area (Å²) in [5.41, 5.74) is 3.27. The van der Waals surface area contributed by atoms with E-state index >= 15 is 0 Å². The van der Waals surface area contributed by atoms with Crippen molar-refractivity contribution >= 4 is 29.1 Å². The highest BCUT2D eigenvalue weighted by Gasteiger charge is 2.49. The standard InChI is InChI=1S/C27H24N4O3/c1-27(19-13-15-20(34-3)16-14-19)25(32)31(26(33)29-27)28-17-22-21-11-7-8-12-23(21)30(2)24(22)18-9-5-4-6-10-18/h4-17H,1-3H3,(H,29,33)/b28-17+. The molecule has 0 spiro atoms. The number of methoxy groups -OCH3 is 1. The number of hydrogen-bond acceptors (Lipinski definition) is 4. The SMILES string of the molecule is COc1ccc(C2(C)NC(=O)N(/N=C/c3c(-c4ccccc4)n(C)c4ccccc34)C2=O)cc1. The first-order valence-electron chi connectivity index (χ1n) is 10.9. The van der Waals surface area contributed by atoms with E-state index < -0.39 is 17.5 Å². The number of urea groups is 1. The number of amides is 3. The molecule has 5 rings (SSSR count). The molecule has 170 valence electrons. The van der Waals surface area contributed by atoms with Gasteiger partial charge in [-0.05, 0) is 36.2 Å². The lowest BCUT2D eigenvalue weighted by Gasteiger charge is -2.21. The molecule has 7 heteroatoms. The van der Waals surface area contributed by atoms with Crippen LogP contribution in [0.4, 0.5) is 4.79 Å². The first-order valence-corrected chi connectivity index (χ1v) is 10.9. The molecule has 1 N–H and O–H groups in total. The van der Waals surface area contributed by atoms with Crippen molar-refractivity contribution in [2.24, 2.45) is 12.1 Å². The van der Waals surface area contributed by atoms with Crippen molar-refractivity contribution in [1.29, 1.82) is 0 Å². The quantitative estimate of drug-likeness (QED) is 0.354. The van der Waals surface area contributed by atoms with E-state index in [9.17, 15) is 9.59 Å². The Kier molecular flexibility index (Phi) is 5.17. The van der Waals surface area contributed by atoms with E-state index in [-0.39, 0.29) is 0 Å². The van der Waals surface area contributed by atoms with E-state index in [1.165, 1.54) is 0 Å². The molecule has 0 radical (unpaired) electrons. The zero-order valence-electron chi connectivity index (χ0n) is 19.1. The first kappa shape index (κ1) is 21.5. The summed E-state index contributed by atoms with van der Waals surface area (Å²) in [4.78, 5) is 26.1. The summed E-state index contributed by atoms with van der Waals surface area (Å²) in [5, 5.41) is 9.04. The molecule has 3 amide bonds. The highest BCUT2D eigenvalue weighted by Crippen LogP contribution is 2.33. The van der Waals surface area contributed by atoms with Crippen molar-refractivity contribution in [1.82, 2.24) is 14.9 Å². The second-order valence-electron chi connectivity index (χ2n) is 8.35. The molecule has 1 fully saturated rings. The molecule has 0 saturated carbocycles. The number of nitrogens with one attached hydrogen (secondary N) is 1. The van der Waals surface area contributed by atoms with Crippen molar-refractivity contribution in [3.8, 4) is 17.0 Å². The minimum Gasteiger partial charge on any atom is -0.497 e. The smallest absolute Gasteiger partial charge is 0.346 e. The van der Waals surface area contributed by atoms with E-state index in [0.717, 1.165) is 32.7 Å². The molecule has 1 unspecified atom stereocenters. The molecule has 34 heavy (non-hydrogen) atoms. The van der Waals surface area contributed by atoms with Crippen LogP contribution in [0.5, 0.6) is 5.75 Å². The van der Waals surface area contributed by atoms with Gasteiger partial charge in [0.25, 0.3) is 5.91 Å². The number of para-hydroxylation sites is 1. The summed E-state index contributed by atoms with van der Waals surface area (Å²) in [6, 6.07) is 24.4. The van der Waals surface area contributed by atoms with E-state index in [2.05, 4.69) is 15.0 Å². The summed E-state index contributed by atoms with van der Waals surface area (Å²) in [6.07, 6.45) is 1.60. The summed E-state index contributed by atoms with van der Waals surface area (Å²) < 4.78 is 7.29. The maximum absolute atomic E-state index is 13.3. The van der Waals surface area contributed by atoms with Crippen LogP contribution >= 0.6 is 0 Å². The van der Waals surface area contributed by atoms with Gasteiger partial charge >= 0.3 is 6.03 Å². The lowest BCUT2D eigenvalue weighted by molar-refractivity contribution is -0.131. The number of aryl methyl sites for hydroxylation is 1. The summed E-state index contributed by atoms with van der Waals surface area (Å²) in [5.74, 6) is 0.226. The largest absolute Gasteiger partial charge is 0.497 e. The van der Waals surface area contributed by atoms with Crippen molar-refractivity contribution in [2.45, 2.75) is 12.5 Å². The fourth-order valence-corrected chi connectivity index (χ4v) is 4.46. The Morgan fingerprint density at radius 1 is 0.941 bits per heavy atom. The number of nitrogens with zero attached hydrogens (tertiary/aromatic N) is 3. The molecule has 0 bridgehead atoms. The number of hydrazone groups is 1. The van der Waals surface area contributed by atoms with Gasteiger partial charge in [0.2, 0.25) is 0 Å². The van der Waals surface area contributed by atoms with Crippen LogP contribution in [0.3, 0.4) is 0 Å². The monoisotopic (exact) mass is 452 g/mol. The number of aromatic nitrogens is 1. The third-order valence-corrected chi connectivity index (χ3v) is 6.33. The molecule has 1 saturated heterocycles. The lowest BCUT2D eigenvalue weighted by Crippen LogP contribution is -2.40. The van der Waals surface area contributed by atoms with E-state index in [0.29, 0.717) is 11.3 Å². The average Bonchev–Trinajstić information content (AvgIpc) is 3.28. The zero-order chi connectivity index (χ0) is 23.9. The van der Waals surface area contributed by atoms with Gasteiger partial charge in [-0.15, -0.1) is 5.01 Å². The highest BCUT2D eigenvalue weighted by molar-refractivity contribution is 6.10. The number of carbonyl (C=O) groups is 2. The van der Waals surface area contributed by atoms with Gasteiger partial charge in [0.05, 0.1) is 19.0 Å². The Hall–Kier alpha value is -4.39. The average molecular weight is 453 g/mol. The number of ether oxygens (including phenoxy) is 1. The molecule has 3 aromatic carbocycles. The number of hydrogen-bond donors (Lipinski definition) is 1. The molecule has 2 heterocycles. The molecule has 1 aromatic heterocycles. The predicted molar refractivity (Wildman–Crippen MR) is 132 cm³/mol. The van der Waals surface area contributed by atoms with Gasteiger partial charge in [0.15, 0.2) is 0 Å². The van der Waals surface area contributed by atoms with Crippen LogP contribution < -0.4 is 10.1 Å². The van der Waals surface area contributed by atoms with E-state index in [1.54, 1.807) is 44.5 Å². The number of carbonyl (C=O) groups excluding carboxylic acids is 2. The van der Waals surface area contributed by atoms with Crippen LogP contribution in [0.2, 0.25) is 0 Å². The topological polar surface area (TPSA) is 75.9 Å². The van der Waals surface area contributed by atoms with Gasteiger partial charge in [-0.25, -0.2) is 4.79 Å². The van der Waals surface area contributed by atoms with Gasteiger partial charge < -0.3 is 14.6 Å². The number of benzene rings is 3. The number of imide groups is 1. The fraction of sp³-hybridized carbons (Fsp3) is 0.148. The molecule has 0 aliphatic carbocycles. The molecule has 1 aliphatic heterocycles. The molecule has 7 nitrogen and oxygen atoms in total. The third-order valence-electron chi connectivity index (χ3n) is 6.33. The minimum absolute atomic E-state index is 0.444. The van der Waals surface area contributed by atoms with Gasteiger partial charge in [-0.1, -0.05) is 60.7 Å². The third kappa shape index (κ3) is 3.33. The molecular weight excluding hydrogens is 428 g/mol. The molecular formula is C27H24N4O3. The lowest BCUT2D eigenvalue weighted by atomic mass is 9.92. The van der Waals surface area contributed by atoms with Crippen LogP contribution in [0, 0.1) is 0 Å². The van der Waals surface area contributed by atoms with Gasteiger partial charge in [-0.3, -0.25) is 4.79 Å². The van der Waals surface area contributed by atoms with Crippen molar-refractivity contribution in [3.63, 3.8) is 0 Å². The van der Waals surface area contributed by atoms with Crippen molar-refractivity contribution in [3.05, 3.63) is 90.0 Å². The first-order chi connectivity index (χ1) is 16.4. The Morgan fingerprint density at radius 3 is 2.32 bits per heavy atom. The Morgan fingerprint density at radius 2 is 1.62 bits per heavy atom. The number of rotatable bonds is 5. The van der Waals surface area contributed by atoms with Gasteiger partial charge in [-0.2, -0.15) is 5.10 Å². The Labute approximate surface area is 197 Å². The molecule has 4 aromatic rings. The van der Waals surface area contributed by atoms with Crippen molar-refractivity contribution < 1.29 is 14.3 Å². The molecule has 1 aliphatic rings. The Balaban J connectivity index is 1.55. The summed E-state index contributed by atoms with van der Waals surface area (Å²) >= 11 is 0. The van der Waals surface area contributed by atoms with Crippen LogP contribution in [0.25, 0.3) is 22.2 Å². The van der Waals surface area contributed by atoms with Crippen molar-refractivity contribution in [2.75, 3.05) is 7.11 Å². The van der Waals surface area contributed by atoms with Crippen LogP contribution in [-0.2, 0) is 17.4 Å². The summed E-state index contributed by atoms with van der Waals surface area (Å²) in [6.45, 7) is 1.68. The van der Waals surface area contributed by atoms with Crippen LogP contribution in [0.1, 0.15) is 18.1 Å². The summed E-state index contributed by atoms with van der Waals surface area (Å²) in [7, 11) is 3.57. The highest BCUT2D eigenvalue weighted by atomic mass is 16.5. The minimum atomic E-state index is -1.22. The van der Waals surface area contributed by atoms with Gasteiger partial charge in [0, 0.05) is 23.5 Å². The zero-order valence-corrected chi connectivity index (χ0v) is 19.1. The fourth-order valence-electron chi connectivity index (χ4n) is 4.46. The van der Waals surface area contributed by atoms with Gasteiger partial charge in [0.1, 0.15) is 11.3 Å². The van der Waals surface area contributed by atoms with E-state index in [1.807, 2.05) is 61.6 Å². The normalized spacial score (nSPS) is 18.1. The van der Waals surface area contributed by atoms with Crippen LogP contribution in [0.15, 0.2) is 84.0 Å². The van der Waals surface area contributed by atoms with Crippen LogP contribution in [-0.4, -0.2) is 34.8 Å². The maximum Gasteiger partial charge on any atom is 0.346 e. The predicted octanol–water partition coefficient (Wildman–Crippen LogP) is 4.66. The maximum atomic E-state index is 13.3. The Bertz CT molecular complexity index is 1420. The second-order valence-corrected chi connectivity index (χ2v) is 8.35.